The molecule has 0 atom stereocenters. The van der Waals surface area contributed by atoms with Crippen molar-refractivity contribution in [1.82, 2.24) is 14.9 Å². The van der Waals surface area contributed by atoms with Crippen molar-refractivity contribution in [2.45, 2.75) is 46.2 Å². The molecule has 0 aromatic carbocycles. The summed E-state index contributed by atoms with van der Waals surface area (Å²) in [6.45, 7) is 8.55. The summed E-state index contributed by atoms with van der Waals surface area (Å²) >= 11 is 0. The SMILES string of the molecule is CNc1cc(C)nc(CN(CC2CC2)C(C)C)n1. The smallest absolute Gasteiger partial charge is 0.144 e. The zero-order valence-electron chi connectivity index (χ0n) is 11.9. The highest BCUT2D eigenvalue weighted by atomic mass is 15.2. The van der Waals surface area contributed by atoms with E-state index in [1.807, 2.05) is 20.0 Å². The molecule has 0 amide bonds. The Bertz CT molecular complexity index is 399. The molecule has 1 saturated carbocycles. The molecule has 0 saturated heterocycles. The normalized spacial score (nSPS) is 15.4. The van der Waals surface area contributed by atoms with E-state index in [4.69, 9.17) is 0 Å². The van der Waals surface area contributed by atoms with E-state index in [9.17, 15) is 0 Å². The van der Waals surface area contributed by atoms with Gasteiger partial charge in [-0.3, -0.25) is 4.90 Å². The number of hydrogen-bond donors (Lipinski definition) is 1. The van der Waals surface area contributed by atoms with Gasteiger partial charge in [-0.1, -0.05) is 0 Å². The molecule has 4 heteroatoms. The Labute approximate surface area is 110 Å². The molecule has 1 N–H and O–H groups in total. The molecule has 0 unspecified atom stereocenters. The number of aryl methyl sites for hydroxylation is 1. The lowest BCUT2D eigenvalue weighted by Crippen LogP contribution is -2.33. The molecule has 0 radical (unpaired) electrons. The fraction of sp³-hybridized carbons (Fsp3) is 0.714. The lowest BCUT2D eigenvalue weighted by Gasteiger charge is -2.25. The Morgan fingerprint density at radius 2 is 2.11 bits per heavy atom. The Morgan fingerprint density at radius 3 is 2.67 bits per heavy atom. The maximum absolute atomic E-state index is 4.54. The zero-order valence-corrected chi connectivity index (χ0v) is 11.9. The predicted molar refractivity (Wildman–Crippen MR) is 74.6 cm³/mol. The van der Waals surface area contributed by atoms with Gasteiger partial charge >= 0.3 is 0 Å². The van der Waals surface area contributed by atoms with Crippen LogP contribution >= 0.6 is 0 Å². The van der Waals surface area contributed by atoms with E-state index in [0.717, 1.165) is 29.8 Å². The molecular weight excluding hydrogens is 224 g/mol. The fourth-order valence-electron chi connectivity index (χ4n) is 2.10. The highest BCUT2D eigenvalue weighted by molar-refractivity contribution is 5.34. The van der Waals surface area contributed by atoms with Crippen LogP contribution in [0.4, 0.5) is 5.82 Å². The maximum atomic E-state index is 4.54. The Hall–Kier alpha value is -1.16. The van der Waals surface area contributed by atoms with E-state index < -0.39 is 0 Å². The third-order valence-corrected chi connectivity index (χ3v) is 3.42. The first-order valence-electron chi connectivity index (χ1n) is 6.85. The largest absolute Gasteiger partial charge is 0.373 e. The van der Waals surface area contributed by atoms with Gasteiger partial charge in [-0.2, -0.15) is 0 Å². The van der Waals surface area contributed by atoms with Crippen molar-refractivity contribution in [2.24, 2.45) is 5.92 Å². The quantitative estimate of drug-likeness (QED) is 0.839. The van der Waals surface area contributed by atoms with E-state index in [2.05, 4.69) is 34.0 Å². The van der Waals surface area contributed by atoms with Crippen LogP contribution in [-0.2, 0) is 6.54 Å². The molecule has 0 spiro atoms. The molecule has 1 heterocycles. The minimum absolute atomic E-state index is 0.549. The Kier molecular flexibility index (Phi) is 4.17. The van der Waals surface area contributed by atoms with E-state index in [-0.39, 0.29) is 0 Å². The summed E-state index contributed by atoms with van der Waals surface area (Å²) in [5.74, 6) is 2.74. The van der Waals surface area contributed by atoms with Crippen LogP contribution in [-0.4, -0.2) is 34.5 Å². The molecule has 18 heavy (non-hydrogen) atoms. The molecular formula is C14H24N4. The Balaban J connectivity index is 2.06. The second-order valence-electron chi connectivity index (χ2n) is 5.53. The molecule has 0 aliphatic heterocycles. The van der Waals surface area contributed by atoms with Gasteiger partial charge in [0.15, 0.2) is 0 Å². The summed E-state index contributed by atoms with van der Waals surface area (Å²) in [5, 5.41) is 3.09. The average molecular weight is 248 g/mol. The first kappa shape index (κ1) is 13.3. The van der Waals surface area contributed by atoms with E-state index >= 15 is 0 Å². The summed E-state index contributed by atoms with van der Waals surface area (Å²) in [6, 6.07) is 2.53. The number of aromatic nitrogens is 2. The first-order valence-corrected chi connectivity index (χ1v) is 6.85. The second kappa shape index (κ2) is 5.65. The third kappa shape index (κ3) is 3.67. The van der Waals surface area contributed by atoms with Crippen molar-refractivity contribution in [1.29, 1.82) is 0 Å². The third-order valence-electron chi connectivity index (χ3n) is 3.42. The van der Waals surface area contributed by atoms with Gasteiger partial charge in [-0.05, 0) is 39.5 Å². The van der Waals surface area contributed by atoms with Gasteiger partial charge in [-0.25, -0.2) is 9.97 Å². The van der Waals surface area contributed by atoms with Crippen molar-refractivity contribution < 1.29 is 0 Å². The molecule has 100 valence electrons. The molecule has 1 fully saturated rings. The van der Waals surface area contributed by atoms with Crippen LogP contribution in [0.25, 0.3) is 0 Å². The van der Waals surface area contributed by atoms with Crippen molar-refractivity contribution in [3.63, 3.8) is 0 Å². The minimum atomic E-state index is 0.549. The highest BCUT2D eigenvalue weighted by Gasteiger charge is 2.25. The maximum Gasteiger partial charge on any atom is 0.144 e. The lowest BCUT2D eigenvalue weighted by atomic mass is 10.2. The van der Waals surface area contributed by atoms with Gasteiger partial charge in [0.25, 0.3) is 0 Å². The van der Waals surface area contributed by atoms with Gasteiger partial charge in [0.1, 0.15) is 11.6 Å². The van der Waals surface area contributed by atoms with Crippen LogP contribution in [0.15, 0.2) is 6.07 Å². The van der Waals surface area contributed by atoms with Crippen molar-refractivity contribution in [3.8, 4) is 0 Å². The standard InChI is InChI=1S/C14H24N4/c1-10(2)18(8-12-5-6-12)9-14-16-11(3)7-13(15-4)17-14/h7,10,12H,5-6,8-9H2,1-4H3,(H,15,16,17). The summed E-state index contributed by atoms with van der Waals surface area (Å²) in [5.41, 5.74) is 1.03. The molecule has 4 nitrogen and oxygen atoms in total. The van der Waals surface area contributed by atoms with E-state index in [0.29, 0.717) is 6.04 Å². The molecule has 0 bridgehead atoms. The van der Waals surface area contributed by atoms with Gasteiger partial charge in [-0.15, -0.1) is 0 Å². The number of nitrogens with zero attached hydrogens (tertiary/aromatic N) is 3. The second-order valence-corrected chi connectivity index (χ2v) is 5.53. The monoisotopic (exact) mass is 248 g/mol. The molecule has 1 aromatic rings. The van der Waals surface area contributed by atoms with Crippen molar-refractivity contribution in [2.75, 3.05) is 18.9 Å². The number of rotatable bonds is 6. The van der Waals surface area contributed by atoms with Gasteiger partial charge < -0.3 is 5.32 Å². The van der Waals surface area contributed by atoms with Gasteiger partial charge in [0.2, 0.25) is 0 Å². The summed E-state index contributed by atoms with van der Waals surface area (Å²) < 4.78 is 0. The summed E-state index contributed by atoms with van der Waals surface area (Å²) in [6.07, 6.45) is 2.78. The predicted octanol–water partition coefficient (Wildman–Crippen LogP) is 2.45. The molecule has 1 aliphatic rings. The topological polar surface area (TPSA) is 41.1 Å². The van der Waals surface area contributed by atoms with Crippen LogP contribution in [0.3, 0.4) is 0 Å². The average Bonchev–Trinajstić information content (AvgIpc) is 3.11. The van der Waals surface area contributed by atoms with Crippen LogP contribution < -0.4 is 5.32 Å². The molecule has 2 rings (SSSR count). The van der Waals surface area contributed by atoms with Crippen LogP contribution in [0.2, 0.25) is 0 Å². The molecule has 1 aliphatic carbocycles. The van der Waals surface area contributed by atoms with Crippen molar-refractivity contribution >= 4 is 5.82 Å². The van der Waals surface area contributed by atoms with Gasteiger partial charge in [0, 0.05) is 31.4 Å². The highest BCUT2D eigenvalue weighted by Crippen LogP contribution is 2.30. The van der Waals surface area contributed by atoms with Crippen LogP contribution in [0.5, 0.6) is 0 Å². The number of anilines is 1. The number of hydrogen-bond acceptors (Lipinski definition) is 4. The van der Waals surface area contributed by atoms with Crippen LogP contribution in [0.1, 0.15) is 38.2 Å². The Morgan fingerprint density at radius 1 is 1.39 bits per heavy atom. The van der Waals surface area contributed by atoms with Gasteiger partial charge in [0.05, 0.1) is 6.54 Å². The van der Waals surface area contributed by atoms with E-state index in [1.165, 1.54) is 19.4 Å². The zero-order chi connectivity index (χ0) is 13.1. The lowest BCUT2D eigenvalue weighted by molar-refractivity contribution is 0.198. The fourth-order valence-corrected chi connectivity index (χ4v) is 2.10. The summed E-state index contributed by atoms with van der Waals surface area (Å²) in [7, 11) is 1.90. The minimum Gasteiger partial charge on any atom is -0.373 e. The number of nitrogens with one attached hydrogen (secondary N) is 1. The van der Waals surface area contributed by atoms with E-state index in [1.54, 1.807) is 0 Å². The molecule has 1 aromatic heterocycles. The summed E-state index contributed by atoms with van der Waals surface area (Å²) in [4.78, 5) is 11.6. The van der Waals surface area contributed by atoms with Crippen LogP contribution in [0, 0.1) is 12.8 Å². The first-order chi connectivity index (χ1) is 8.58. The van der Waals surface area contributed by atoms with Crippen molar-refractivity contribution in [3.05, 3.63) is 17.6 Å².